The van der Waals surface area contributed by atoms with Gasteiger partial charge in [0.1, 0.15) is 13.1 Å². The van der Waals surface area contributed by atoms with E-state index in [1.165, 1.54) is 0 Å². The molecule has 2 amide bonds. The molecule has 0 aromatic heterocycles. The Labute approximate surface area is 204 Å². The first-order chi connectivity index (χ1) is 16.9. The molecule has 3 aliphatic rings. The van der Waals surface area contributed by atoms with Crippen LogP contribution >= 0.6 is 0 Å². The third-order valence-electron chi connectivity index (χ3n) is 6.91. The van der Waals surface area contributed by atoms with Crippen LogP contribution in [-0.2, 0) is 32.6 Å². The van der Waals surface area contributed by atoms with Crippen molar-refractivity contribution in [3.8, 4) is 0 Å². The van der Waals surface area contributed by atoms with E-state index in [1.807, 2.05) is 48.5 Å². The van der Waals surface area contributed by atoms with E-state index in [2.05, 4.69) is 0 Å². The first-order valence-electron chi connectivity index (χ1n) is 11.6. The van der Waals surface area contributed by atoms with Gasteiger partial charge in [-0.05, 0) is 48.2 Å². The third kappa shape index (κ3) is 3.46. The molecule has 0 bridgehead atoms. The molecular formula is C26H24N4O4S. The molecule has 6 rings (SSSR count). The van der Waals surface area contributed by atoms with Gasteiger partial charge in [0.05, 0.1) is 11.4 Å². The monoisotopic (exact) mass is 488 g/mol. The van der Waals surface area contributed by atoms with Gasteiger partial charge in [0, 0.05) is 24.5 Å². The number of fused-ring (bicyclic) bond motifs is 3. The highest BCUT2D eigenvalue weighted by Crippen LogP contribution is 2.41. The Bertz CT molecular complexity index is 1350. The molecule has 8 nitrogen and oxygen atoms in total. The molecule has 3 aliphatic heterocycles. The van der Waals surface area contributed by atoms with Crippen LogP contribution in [0.5, 0.6) is 0 Å². The van der Waals surface area contributed by atoms with Gasteiger partial charge in [-0.1, -0.05) is 48.5 Å². The second-order valence-corrected chi connectivity index (χ2v) is 10.6. The van der Waals surface area contributed by atoms with Crippen LogP contribution in [0.2, 0.25) is 0 Å². The van der Waals surface area contributed by atoms with E-state index in [0.717, 1.165) is 44.0 Å². The van der Waals surface area contributed by atoms with Crippen LogP contribution in [0.4, 0.5) is 22.7 Å². The van der Waals surface area contributed by atoms with Crippen LogP contribution < -0.4 is 18.4 Å². The van der Waals surface area contributed by atoms with E-state index in [4.69, 9.17) is 0 Å². The van der Waals surface area contributed by atoms with Crippen molar-refractivity contribution in [3.63, 3.8) is 0 Å². The summed E-state index contributed by atoms with van der Waals surface area (Å²) in [6.45, 7) is 0.379. The van der Waals surface area contributed by atoms with Gasteiger partial charge in [0.25, 0.3) is 0 Å². The van der Waals surface area contributed by atoms with Crippen LogP contribution in [0.15, 0.2) is 72.8 Å². The second kappa shape index (κ2) is 8.13. The number of carbonyl (C=O) groups excluding carboxylic acids is 2. The molecule has 0 saturated heterocycles. The molecular weight excluding hydrogens is 464 g/mol. The quantitative estimate of drug-likeness (QED) is 0.566. The zero-order valence-corrected chi connectivity index (χ0v) is 19.8. The minimum absolute atomic E-state index is 0.296. The average Bonchev–Trinajstić information content (AvgIpc) is 3.54. The highest BCUT2D eigenvalue weighted by Gasteiger charge is 2.43. The number of rotatable bonds is 4. The fourth-order valence-corrected chi connectivity index (χ4v) is 6.79. The summed E-state index contributed by atoms with van der Waals surface area (Å²) in [5.74, 6) is -0.593. The lowest BCUT2D eigenvalue weighted by Crippen LogP contribution is -2.47. The van der Waals surface area contributed by atoms with E-state index >= 15 is 0 Å². The number of nitrogens with zero attached hydrogens (tertiary/aromatic N) is 4. The maximum absolute atomic E-state index is 13.7. The minimum Gasteiger partial charge on any atom is -0.310 e. The summed E-state index contributed by atoms with van der Waals surface area (Å²) in [7, 11) is -4.12. The fraction of sp³-hybridized carbons (Fsp3) is 0.231. The van der Waals surface area contributed by atoms with Gasteiger partial charge >= 0.3 is 10.2 Å². The number of para-hydroxylation sites is 4. The Balaban J connectivity index is 1.27. The molecule has 0 N–H and O–H groups in total. The number of amides is 2. The number of benzene rings is 3. The summed E-state index contributed by atoms with van der Waals surface area (Å²) in [6, 6.07) is 22.1. The summed E-state index contributed by atoms with van der Waals surface area (Å²) in [6.07, 6.45) is 1.48. The predicted molar refractivity (Wildman–Crippen MR) is 135 cm³/mol. The Morgan fingerprint density at radius 3 is 1.40 bits per heavy atom. The summed E-state index contributed by atoms with van der Waals surface area (Å²) in [4.78, 5) is 29.8. The number of carbonyl (C=O) groups is 2. The molecule has 178 valence electrons. The van der Waals surface area contributed by atoms with Crippen LogP contribution in [0.25, 0.3) is 0 Å². The zero-order chi connectivity index (χ0) is 24.2. The summed E-state index contributed by atoms with van der Waals surface area (Å²) >= 11 is 0. The zero-order valence-electron chi connectivity index (χ0n) is 19.0. The highest BCUT2D eigenvalue weighted by molar-refractivity contribution is 7.94. The van der Waals surface area contributed by atoms with Gasteiger partial charge < -0.3 is 9.80 Å². The predicted octanol–water partition coefficient (Wildman–Crippen LogP) is 2.74. The maximum Gasteiger partial charge on any atom is 0.327 e. The average molecular weight is 489 g/mol. The van der Waals surface area contributed by atoms with Gasteiger partial charge in [-0.2, -0.15) is 8.42 Å². The lowest BCUT2D eigenvalue weighted by atomic mass is 10.2. The standard InChI is InChI=1S/C26H24N4O4S/c31-25(27-15-13-19-7-1-3-9-21(19)27)17-29-23-11-5-6-12-24(23)30(35(29,33)34)18-26(32)28-16-14-20-8-2-4-10-22(20)28/h1-12H,13-18H2. The Morgan fingerprint density at radius 1 is 0.600 bits per heavy atom. The van der Waals surface area contributed by atoms with E-state index in [0.29, 0.717) is 24.5 Å². The first kappa shape index (κ1) is 21.7. The minimum atomic E-state index is -4.12. The van der Waals surface area contributed by atoms with E-state index in [1.54, 1.807) is 34.1 Å². The van der Waals surface area contributed by atoms with E-state index < -0.39 is 10.2 Å². The largest absolute Gasteiger partial charge is 0.327 e. The molecule has 3 aromatic carbocycles. The van der Waals surface area contributed by atoms with Crippen molar-refractivity contribution < 1.29 is 18.0 Å². The Kier molecular flexibility index (Phi) is 5.03. The highest BCUT2D eigenvalue weighted by atomic mass is 32.2. The van der Waals surface area contributed by atoms with Gasteiger partial charge in [-0.25, -0.2) is 8.61 Å². The molecule has 3 aromatic rings. The second-order valence-electron chi connectivity index (χ2n) is 8.86. The van der Waals surface area contributed by atoms with Crippen LogP contribution in [-0.4, -0.2) is 46.4 Å². The first-order valence-corrected chi connectivity index (χ1v) is 13.0. The molecule has 0 unspecified atom stereocenters. The van der Waals surface area contributed by atoms with Crippen molar-refractivity contribution in [2.75, 3.05) is 44.6 Å². The van der Waals surface area contributed by atoms with Gasteiger partial charge in [-0.15, -0.1) is 0 Å². The topological polar surface area (TPSA) is 81.2 Å². The lowest BCUT2D eigenvalue weighted by Gasteiger charge is -2.25. The molecule has 0 saturated carbocycles. The third-order valence-corrected chi connectivity index (χ3v) is 8.68. The lowest BCUT2D eigenvalue weighted by molar-refractivity contribution is -0.117. The molecule has 0 atom stereocenters. The van der Waals surface area contributed by atoms with Gasteiger partial charge in [0.2, 0.25) is 11.8 Å². The molecule has 9 heteroatoms. The molecule has 0 radical (unpaired) electrons. The van der Waals surface area contributed by atoms with E-state index in [9.17, 15) is 18.0 Å². The van der Waals surface area contributed by atoms with Crippen LogP contribution in [0.3, 0.4) is 0 Å². The molecule has 0 fully saturated rings. The maximum atomic E-state index is 13.7. The molecule has 0 aliphatic carbocycles. The summed E-state index contributed by atoms with van der Waals surface area (Å²) < 4.78 is 29.5. The summed E-state index contributed by atoms with van der Waals surface area (Å²) in [5, 5.41) is 0. The molecule has 35 heavy (non-hydrogen) atoms. The van der Waals surface area contributed by atoms with Gasteiger partial charge in [0.15, 0.2) is 0 Å². The van der Waals surface area contributed by atoms with Crippen molar-refractivity contribution in [1.82, 2.24) is 0 Å². The molecule has 0 spiro atoms. The Morgan fingerprint density at radius 2 is 0.971 bits per heavy atom. The number of hydrogen-bond acceptors (Lipinski definition) is 4. The van der Waals surface area contributed by atoms with Crippen molar-refractivity contribution >= 4 is 44.8 Å². The SMILES string of the molecule is O=C(CN1c2ccccc2N(CC(=O)N2CCc3ccccc32)S1(=O)=O)N1CCc2ccccc21. The number of anilines is 4. The van der Waals surface area contributed by atoms with Crippen molar-refractivity contribution in [2.45, 2.75) is 12.8 Å². The van der Waals surface area contributed by atoms with Gasteiger partial charge in [-0.3, -0.25) is 9.59 Å². The fourth-order valence-electron chi connectivity index (χ4n) is 5.20. The van der Waals surface area contributed by atoms with Crippen LogP contribution in [0.1, 0.15) is 11.1 Å². The smallest absolute Gasteiger partial charge is 0.310 e. The normalized spacial score (nSPS) is 17.4. The number of hydrogen-bond donors (Lipinski definition) is 0. The van der Waals surface area contributed by atoms with Crippen molar-refractivity contribution in [2.24, 2.45) is 0 Å². The van der Waals surface area contributed by atoms with Crippen molar-refractivity contribution in [3.05, 3.63) is 83.9 Å². The van der Waals surface area contributed by atoms with Crippen LogP contribution in [0, 0.1) is 0 Å². The summed E-state index contributed by atoms with van der Waals surface area (Å²) in [5.41, 5.74) is 4.60. The molecule has 3 heterocycles. The van der Waals surface area contributed by atoms with E-state index in [-0.39, 0.29) is 24.9 Å². The Hall–Kier alpha value is -3.85. The van der Waals surface area contributed by atoms with Crippen molar-refractivity contribution in [1.29, 1.82) is 0 Å².